The molecule has 1 aromatic heterocycles. The fraction of sp³-hybridized carbons (Fsp3) is 0.0769. The van der Waals surface area contributed by atoms with E-state index in [1.165, 1.54) is 18.3 Å². The second-order valence-corrected chi connectivity index (χ2v) is 4.40. The van der Waals surface area contributed by atoms with Crippen LogP contribution in [-0.4, -0.2) is 4.98 Å². The van der Waals surface area contributed by atoms with E-state index in [0.717, 1.165) is 12.1 Å². The van der Waals surface area contributed by atoms with E-state index in [-0.39, 0.29) is 22.1 Å². The van der Waals surface area contributed by atoms with Crippen LogP contribution in [0.4, 0.5) is 28.9 Å². The Bertz CT molecular complexity index is 641. The van der Waals surface area contributed by atoms with Gasteiger partial charge in [0.15, 0.2) is 0 Å². The van der Waals surface area contributed by atoms with Crippen LogP contribution in [0.5, 0.6) is 0 Å². The Hall–Kier alpha value is -1.82. The van der Waals surface area contributed by atoms with Gasteiger partial charge in [0.25, 0.3) is 0 Å². The molecule has 0 spiro atoms. The third-order valence-electron chi connectivity index (χ3n) is 2.48. The molecule has 7 heteroatoms. The largest absolute Gasteiger partial charge is 0.418 e. The third kappa shape index (κ3) is 3.19. The average molecular weight is 304 g/mol. The number of nitrogens with zero attached hydrogens (tertiary/aromatic N) is 1. The van der Waals surface area contributed by atoms with Crippen molar-refractivity contribution < 1.29 is 17.6 Å². The Morgan fingerprint density at radius 3 is 2.50 bits per heavy atom. The summed E-state index contributed by atoms with van der Waals surface area (Å²) in [6.07, 6.45) is -3.38. The highest BCUT2D eigenvalue weighted by molar-refractivity contribution is 6.30. The summed E-state index contributed by atoms with van der Waals surface area (Å²) in [7, 11) is 0. The van der Waals surface area contributed by atoms with E-state index in [4.69, 9.17) is 11.6 Å². The molecule has 0 aliphatic carbocycles. The predicted molar refractivity (Wildman–Crippen MR) is 68.4 cm³/mol. The first kappa shape index (κ1) is 14.6. The SMILES string of the molecule is [CH2]c1ncc(Nc2ccc(Cl)cc2C(F)(F)F)cc1F. The number of hydrogen-bond acceptors (Lipinski definition) is 2. The van der Waals surface area contributed by atoms with Gasteiger partial charge in [-0.15, -0.1) is 0 Å². The van der Waals surface area contributed by atoms with Crippen LogP contribution in [0.25, 0.3) is 0 Å². The first-order chi connectivity index (χ1) is 9.27. The minimum atomic E-state index is -4.58. The molecule has 0 unspecified atom stereocenters. The van der Waals surface area contributed by atoms with Crippen molar-refractivity contribution in [3.63, 3.8) is 0 Å². The molecule has 1 heterocycles. The number of aromatic nitrogens is 1. The summed E-state index contributed by atoms with van der Waals surface area (Å²) in [5.74, 6) is -0.711. The van der Waals surface area contributed by atoms with Gasteiger partial charge in [-0.25, -0.2) is 4.39 Å². The molecule has 20 heavy (non-hydrogen) atoms. The van der Waals surface area contributed by atoms with Crippen molar-refractivity contribution in [2.45, 2.75) is 6.18 Å². The number of pyridine rings is 1. The first-order valence-corrected chi connectivity index (χ1v) is 5.76. The van der Waals surface area contributed by atoms with Gasteiger partial charge in [-0.1, -0.05) is 11.6 Å². The molecule has 1 aromatic carbocycles. The monoisotopic (exact) mass is 303 g/mol. The minimum Gasteiger partial charge on any atom is -0.354 e. The van der Waals surface area contributed by atoms with E-state index in [2.05, 4.69) is 17.2 Å². The van der Waals surface area contributed by atoms with Crippen LogP contribution >= 0.6 is 11.6 Å². The molecule has 2 rings (SSSR count). The molecular weight excluding hydrogens is 296 g/mol. The van der Waals surface area contributed by atoms with Gasteiger partial charge in [-0.3, -0.25) is 4.98 Å². The van der Waals surface area contributed by atoms with Crippen LogP contribution < -0.4 is 5.32 Å². The van der Waals surface area contributed by atoms with E-state index in [1.807, 2.05) is 0 Å². The van der Waals surface area contributed by atoms with Gasteiger partial charge in [-0.05, 0) is 25.1 Å². The lowest BCUT2D eigenvalue weighted by molar-refractivity contribution is -0.136. The van der Waals surface area contributed by atoms with Crippen molar-refractivity contribution in [2.75, 3.05) is 5.32 Å². The molecule has 0 bridgehead atoms. The van der Waals surface area contributed by atoms with E-state index in [9.17, 15) is 17.6 Å². The zero-order valence-electron chi connectivity index (χ0n) is 9.93. The maximum absolute atomic E-state index is 13.3. The number of anilines is 2. The Balaban J connectivity index is 2.40. The molecule has 1 N–H and O–H groups in total. The van der Waals surface area contributed by atoms with Crippen LogP contribution in [0.2, 0.25) is 5.02 Å². The van der Waals surface area contributed by atoms with Crippen LogP contribution in [0, 0.1) is 12.7 Å². The van der Waals surface area contributed by atoms with E-state index in [1.54, 1.807) is 0 Å². The van der Waals surface area contributed by atoms with Gasteiger partial charge in [-0.2, -0.15) is 13.2 Å². The molecule has 0 saturated heterocycles. The number of benzene rings is 1. The minimum absolute atomic E-state index is 0.0414. The molecule has 2 nitrogen and oxygen atoms in total. The number of halogens is 5. The highest BCUT2D eigenvalue weighted by Crippen LogP contribution is 2.37. The smallest absolute Gasteiger partial charge is 0.354 e. The Labute approximate surface area is 117 Å². The van der Waals surface area contributed by atoms with Crippen LogP contribution in [0.15, 0.2) is 30.5 Å². The van der Waals surface area contributed by atoms with Crippen LogP contribution in [-0.2, 0) is 6.18 Å². The first-order valence-electron chi connectivity index (χ1n) is 5.38. The quantitative estimate of drug-likeness (QED) is 0.805. The summed E-state index contributed by atoms with van der Waals surface area (Å²) in [5.41, 5.74) is -1.17. The van der Waals surface area contributed by atoms with Gasteiger partial charge in [0.2, 0.25) is 0 Å². The summed E-state index contributed by atoms with van der Waals surface area (Å²) in [6, 6.07) is 4.29. The molecule has 0 amide bonds. The average Bonchev–Trinajstić information content (AvgIpc) is 2.35. The lowest BCUT2D eigenvalue weighted by atomic mass is 10.1. The summed E-state index contributed by atoms with van der Waals surface area (Å²) in [6.45, 7) is 3.33. The lowest BCUT2D eigenvalue weighted by Gasteiger charge is -2.15. The fourth-order valence-electron chi connectivity index (χ4n) is 1.55. The maximum atomic E-state index is 13.3. The summed E-state index contributed by atoms with van der Waals surface area (Å²) in [5, 5.41) is 2.42. The highest BCUT2D eigenvalue weighted by Gasteiger charge is 2.33. The molecule has 0 aliphatic rings. The predicted octanol–water partition coefficient (Wildman–Crippen LogP) is 4.82. The number of alkyl halides is 3. The van der Waals surface area contributed by atoms with Crippen molar-refractivity contribution >= 4 is 23.0 Å². The van der Waals surface area contributed by atoms with Crippen molar-refractivity contribution in [3.05, 3.63) is 59.5 Å². The zero-order chi connectivity index (χ0) is 14.9. The molecule has 2 aromatic rings. The van der Waals surface area contributed by atoms with Crippen LogP contribution in [0.3, 0.4) is 0 Å². The Morgan fingerprint density at radius 2 is 1.90 bits per heavy atom. The normalized spacial score (nSPS) is 11.5. The van der Waals surface area contributed by atoms with E-state index >= 15 is 0 Å². The van der Waals surface area contributed by atoms with Crippen molar-refractivity contribution in [3.8, 4) is 0 Å². The topological polar surface area (TPSA) is 24.9 Å². The summed E-state index contributed by atoms with van der Waals surface area (Å²) >= 11 is 5.56. The molecule has 0 saturated carbocycles. The lowest BCUT2D eigenvalue weighted by Crippen LogP contribution is -2.09. The van der Waals surface area contributed by atoms with Gasteiger partial charge in [0, 0.05) is 11.1 Å². The third-order valence-corrected chi connectivity index (χ3v) is 2.72. The number of hydrogen-bond donors (Lipinski definition) is 1. The van der Waals surface area contributed by atoms with Gasteiger partial charge >= 0.3 is 6.18 Å². The van der Waals surface area contributed by atoms with Crippen molar-refractivity contribution in [1.29, 1.82) is 0 Å². The van der Waals surface area contributed by atoms with E-state index < -0.39 is 17.6 Å². The Kier molecular flexibility index (Phi) is 3.85. The molecule has 0 fully saturated rings. The van der Waals surface area contributed by atoms with E-state index in [0.29, 0.717) is 0 Å². The highest BCUT2D eigenvalue weighted by atomic mass is 35.5. The van der Waals surface area contributed by atoms with Gasteiger partial charge < -0.3 is 5.32 Å². The zero-order valence-corrected chi connectivity index (χ0v) is 10.7. The molecule has 105 valence electrons. The van der Waals surface area contributed by atoms with Gasteiger partial charge in [0.05, 0.1) is 28.8 Å². The van der Waals surface area contributed by atoms with Gasteiger partial charge in [0.1, 0.15) is 5.82 Å². The number of nitrogens with one attached hydrogen (secondary N) is 1. The molecule has 0 aliphatic heterocycles. The van der Waals surface area contributed by atoms with Crippen LogP contribution in [0.1, 0.15) is 11.3 Å². The standard InChI is InChI=1S/C13H8ClF4N2/c1-7-11(15)5-9(6-19-7)20-12-3-2-8(14)4-10(12)13(16,17)18/h2-6,20H,1H2. The maximum Gasteiger partial charge on any atom is 0.418 e. The molecule has 1 radical (unpaired) electrons. The molecule has 0 atom stereocenters. The second-order valence-electron chi connectivity index (χ2n) is 3.97. The molecular formula is C13H8ClF4N2. The van der Waals surface area contributed by atoms with Crippen molar-refractivity contribution in [1.82, 2.24) is 4.98 Å². The van der Waals surface area contributed by atoms with Crippen molar-refractivity contribution in [2.24, 2.45) is 0 Å². The number of rotatable bonds is 2. The fourth-order valence-corrected chi connectivity index (χ4v) is 1.72. The Morgan fingerprint density at radius 1 is 1.20 bits per heavy atom. The summed E-state index contributed by atoms with van der Waals surface area (Å²) < 4.78 is 51.9. The second kappa shape index (κ2) is 5.28. The summed E-state index contributed by atoms with van der Waals surface area (Å²) in [4.78, 5) is 3.63.